The predicted molar refractivity (Wildman–Crippen MR) is 155 cm³/mol. The van der Waals surface area contributed by atoms with Crippen molar-refractivity contribution in [2.24, 2.45) is 11.8 Å². The number of aromatic hydroxyl groups is 11. The number of benzene rings is 4. The molecule has 12 nitrogen and oxygen atoms in total. The van der Waals surface area contributed by atoms with Crippen molar-refractivity contribution in [3.63, 3.8) is 0 Å². The normalized spacial score (nSPS) is 17.4. The number of hydrogen-bond donors (Lipinski definition) is 11. The first-order chi connectivity index (χ1) is 20.7. The Morgan fingerprint density at radius 2 is 1.18 bits per heavy atom. The average molecular weight is 609 g/mol. The second kappa shape index (κ2) is 11.0. The molecule has 0 fully saturated rings. The van der Waals surface area contributed by atoms with Gasteiger partial charge in [0.25, 0.3) is 0 Å². The summed E-state index contributed by atoms with van der Waals surface area (Å²) in [6, 6.07) is 8.00. The molecule has 0 unspecified atom stereocenters. The minimum absolute atomic E-state index is 0.0284. The van der Waals surface area contributed by atoms with Crippen molar-refractivity contribution in [2.45, 2.75) is 38.7 Å². The zero-order valence-corrected chi connectivity index (χ0v) is 23.6. The molecular weight excluding hydrogens is 576 g/mol. The monoisotopic (exact) mass is 608 g/mol. The fourth-order valence-corrected chi connectivity index (χ4v) is 6.04. The lowest BCUT2D eigenvalue weighted by Gasteiger charge is -2.36. The van der Waals surface area contributed by atoms with Crippen molar-refractivity contribution in [3.8, 4) is 69.0 Å². The zero-order valence-electron chi connectivity index (χ0n) is 23.6. The lowest BCUT2D eigenvalue weighted by Crippen LogP contribution is -2.26. The van der Waals surface area contributed by atoms with E-state index >= 15 is 0 Å². The molecular formula is C32H32O12. The molecule has 0 bridgehead atoms. The second-order valence-corrected chi connectivity index (χ2v) is 11.3. The van der Waals surface area contributed by atoms with Crippen LogP contribution in [0.25, 0.3) is 0 Å². The van der Waals surface area contributed by atoms with Crippen LogP contribution in [0.4, 0.5) is 0 Å². The lowest BCUT2D eigenvalue weighted by atomic mass is 9.75. The highest BCUT2D eigenvalue weighted by atomic mass is 16.5. The fourth-order valence-electron chi connectivity index (χ4n) is 6.04. The maximum atomic E-state index is 11.3. The maximum absolute atomic E-state index is 11.3. The molecule has 1 heterocycles. The van der Waals surface area contributed by atoms with E-state index in [2.05, 4.69) is 0 Å². The summed E-state index contributed by atoms with van der Waals surface area (Å²) in [6.45, 7) is 3.49. The maximum Gasteiger partial charge on any atom is 0.200 e. The number of ether oxygens (including phenoxy) is 1. The Morgan fingerprint density at radius 3 is 1.73 bits per heavy atom. The molecule has 0 radical (unpaired) electrons. The SMILES string of the molecule is C[C@H](Cc1c(O)cc(O)cc1O)[C@@H](c1cc(O)c(O)c(O)c1)c1c(O)cc(O)c2c1O[C@H](c1cc(O)c(O)c(O)c1)[C@H](C)C2. The van der Waals surface area contributed by atoms with Gasteiger partial charge in [-0.25, -0.2) is 0 Å². The van der Waals surface area contributed by atoms with E-state index in [1.54, 1.807) is 13.8 Å². The summed E-state index contributed by atoms with van der Waals surface area (Å²) >= 11 is 0. The first kappa shape index (κ1) is 30.0. The molecule has 4 aromatic rings. The highest BCUT2D eigenvalue weighted by Gasteiger charge is 2.38. The smallest absolute Gasteiger partial charge is 0.200 e. The summed E-state index contributed by atoms with van der Waals surface area (Å²) in [6.07, 6.45) is -0.726. The highest BCUT2D eigenvalue weighted by Crippen LogP contribution is 2.54. The van der Waals surface area contributed by atoms with Crippen molar-refractivity contribution >= 4 is 0 Å². The molecule has 1 aliphatic rings. The van der Waals surface area contributed by atoms with Crippen molar-refractivity contribution < 1.29 is 60.9 Å². The molecule has 232 valence electrons. The van der Waals surface area contributed by atoms with E-state index in [-0.39, 0.29) is 58.3 Å². The van der Waals surface area contributed by atoms with Gasteiger partial charge in [0.05, 0.1) is 0 Å². The van der Waals surface area contributed by atoms with E-state index in [1.165, 1.54) is 24.3 Å². The Kier molecular flexibility index (Phi) is 7.46. The Balaban J connectivity index is 1.71. The van der Waals surface area contributed by atoms with Gasteiger partial charge in [0.15, 0.2) is 34.5 Å². The van der Waals surface area contributed by atoms with Gasteiger partial charge in [-0.05, 0) is 48.6 Å². The van der Waals surface area contributed by atoms with E-state index in [0.717, 1.165) is 18.2 Å². The van der Waals surface area contributed by atoms with Crippen LogP contribution in [0.3, 0.4) is 0 Å². The van der Waals surface area contributed by atoms with Gasteiger partial charge in [-0.2, -0.15) is 0 Å². The molecule has 1 aliphatic heterocycles. The largest absolute Gasteiger partial charge is 0.508 e. The van der Waals surface area contributed by atoms with Crippen LogP contribution < -0.4 is 4.74 Å². The predicted octanol–water partition coefficient (Wildman–Crippen LogP) is 4.77. The minimum atomic E-state index is -0.995. The third-order valence-corrected chi connectivity index (χ3v) is 8.13. The molecule has 0 saturated carbocycles. The summed E-state index contributed by atoms with van der Waals surface area (Å²) < 4.78 is 6.39. The lowest BCUT2D eigenvalue weighted by molar-refractivity contribution is 0.118. The van der Waals surface area contributed by atoms with Crippen LogP contribution in [-0.4, -0.2) is 56.2 Å². The molecule has 0 spiro atoms. The molecule has 0 aromatic heterocycles. The molecule has 5 rings (SSSR count). The minimum Gasteiger partial charge on any atom is -0.508 e. The summed E-state index contributed by atoms with van der Waals surface area (Å²) in [5.74, 6) is -7.88. The quantitative estimate of drug-likeness (QED) is 0.133. The number of phenols is 11. The summed E-state index contributed by atoms with van der Waals surface area (Å²) in [5.41, 5.74) is 0.936. The number of fused-ring (bicyclic) bond motifs is 1. The van der Waals surface area contributed by atoms with Crippen molar-refractivity contribution in [2.75, 3.05) is 0 Å². The van der Waals surface area contributed by atoms with Gasteiger partial charge < -0.3 is 60.9 Å². The van der Waals surface area contributed by atoms with Crippen molar-refractivity contribution in [1.29, 1.82) is 0 Å². The average Bonchev–Trinajstić information content (AvgIpc) is 2.93. The molecule has 12 heteroatoms. The van der Waals surface area contributed by atoms with Crippen LogP contribution in [-0.2, 0) is 12.8 Å². The van der Waals surface area contributed by atoms with E-state index in [1.807, 2.05) is 0 Å². The Morgan fingerprint density at radius 1 is 0.659 bits per heavy atom. The molecule has 0 aliphatic carbocycles. The van der Waals surface area contributed by atoms with Crippen molar-refractivity contribution in [1.82, 2.24) is 0 Å². The van der Waals surface area contributed by atoms with Gasteiger partial charge in [-0.1, -0.05) is 13.8 Å². The first-order valence-electron chi connectivity index (χ1n) is 13.7. The van der Waals surface area contributed by atoms with Gasteiger partial charge in [-0.3, -0.25) is 0 Å². The standard InChI is InChI=1S/C32H32O12/c1-12(3-17-19(34)9-16(33)10-20(17)35)27(14-5-23(38)29(42)24(39)6-14)28-22(37)11-21(36)18-4-13(2)31(44-32(18)28)15-7-25(40)30(43)26(41)8-15/h5-13,27,31,33-43H,3-4H2,1-2H3/t12-,13-,27+,31+/m1/s1. The van der Waals surface area contributed by atoms with E-state index in [9.17, 15) is 56.2 Å². The van der Waals surface area contributed by atoms with E-state index < -0.39 is 69.7 Å². The number of rotatable bonds is 6. The van der Waals surface area contributed by atoms with Crippen LogP contribution in [0, 0.1) is 11.8 Å². The summed E-state index contributed by atoms with van der Waals surface area (Å²) in [5, 5.41) is 114. The van der Waals surface area contributed by atoms with Gasteiger partial charge in [0.2, 0.25) is 0 Å². The molecule has 4 atom stereocenters. The van der Waals surface area contributed by atoms with Gasteiger partial charge >= 0.3 is 0 Å². The zero-order chi connectivity index (χ0) is 32.2. The Bertz CT molecular complexity index is 1700. The summed E-state index contributed by atoms with van der Waals surface area (Å²) in [4.78, 5) is 0. The topological polar surface area (TPSA) is 232 Å². The van der Waals surface area contributed by atoms with E-state index in [0.29, 0.717) is 5.56 Å². The third kappa shape index (κ3) is 5.14. The Labute approximate surface area is 250 Å². The Hall–Kier alpha value is -5.52. The summed E-state index contributed by atoms with van der Waals surface area (Å²) in [7, 11) is 0. The number of hydrogen-bond acceptors (Lipinski definition) is 12. The van der Waals surface area contributed by atoms with Crippen LogP contribution in [0.15, 0.2) is 42.5 Å². The fraction of sp³-hybridized carbons (Fsp3) is 0.250. The van der Waals surface area contributed by atoms with E-state index in [4.69, 9.17) is 4.74 Å². The van der Waals surface area contributed by atoms with Crippen LogP contribution in [0.1, 0.15) is 53.7 Å². The van der Waals surface area contributed by atoms with Crippen LogP contribution in [0.5, 0.6) is 69.0 Å². The second-order valence-electron chi connectivity index (χ2n) is 11.3. The number of phenolic OH excluding ortho intramolecular Hbond substituents is 11. The van der Waals surface area contributed by atoms with Crippen LogP contribution >= 0.6 is 0 Å². The van der Waals surface area contributed by atoms with Crippen molar-refractivity contribution in [3.05, 3.63) is 70.3 Å². The molecule has 44 heavy (non-hydrogen) atoms. The first-order valence-corrected chi connectivity index (χ1v) is 13.7. The van der Waals surface area contributed by atoms with Crippen LogP contribution in [0.2, 0.25) is 0 Å². The third-order valence-electron chi connectivity index (χ3n) is 8.13. The highest BCUT2D eigenvalue weighted by molar-refractivity contribution is 5.63. The molecule has 11 N–H and O–H groups in total. The van der Waals surface area contributed by atoms with Gasteiger partial charge in [-0.15, -0.1) is 0 Å². The molecule has 0 saturated heterocycles. The molecule has 4 aromatic carbocycles. The van der Waals surface area contributed by atoms with Gasteiger partial charge in [0.1, 0.15) is 40.6 Å². The van der Waals surface area contributed by atoms with Gasteiger partial charge in [0, 0.05) is 52.3 Å². The molecule has 0 amide bonds.